The molecule has 0 saturated carbocycles. The van der Waals surface area contributed by atoms with Crippen molar-refractivity contribution in [1.29, 1.82) is 0 Å². The number of aromatic nitrogens is 1. The lowest BCUT2D eigenvalue weighted by atomic mass is 10.0. The first kappa shape index (κ1) is 22.1. The van der Waals surface area contributed by atoms with Gasteiger partial charge in [0.05, 0.1) is 5.69 Å². The molecule has 0 aliphatic carbocycles. The molecular formula is C35H24N2O. The van der Waals surface area contributed by atoms with E-state index in [1.807, 2.05) is 18.2 Å². The van der Waals surface area contributed by atoms with Crippen LogP contribution >= 0.6 is 0 Å². The minimum Gasteiger partial charge on any atom is -0.435 e. The topological polar surface area (TPSA) is 29.3 Å². The van der Waals surface area contributed by atoms with Crippen LogP contribution in [0.25, 0.3) is 44.3 Å². The number of pyridine rings is 1. The highest BCUT2D eigenvalue weighted by molar-refractivity contribution is 6.09. The quantitative estimate of drug-likeness (QED) is 0.241. The van der Waals surface area contributed by atoms with E-state index in [9.17, 15) is 0 Å². The number of rotatable bonds is 5. The van der Waals surface area contributed by atoms with Gasteiger partial charge in [0, 0.05) is 28.3 Å². The smallest absolute Gasteiger partial charge is 0.227 e. The fraction of sp³-hybridized carbons (Fsp3) is 0. The Kier molecular flexibility index (Phi) is 5.45. The van der Waals surface area contributed by atoms with Crippen LogP contribution in [-0.2, 0) is 0 Å². The number of anilines is 3. The Labute approximate surface area is 221 Å². The SMILES string of the molecule is c1ccc(-c2ccc(N(c3ccc(-c4ccccc4)cc3)c3cccc4c3oc3ncccc34)cc2)cc1. The first-order valence-corrected chi connectivity index (χ1v) is 12.7. The molecule has 5 aromatic carbocycles. The number of hydrogen-bond donors (Lipinski definition) is 0. The monoisotopic (exact) mass is 488 g/mol. The standard InChI is InChI=1S/C35H24N2O/c1-3-9-25(10-4-1)27-16-20-29(21-17-27)37(30-22-18-28(19-23-30)26-11-5-2-6-12-26)33-15-7-13-31-32-14-8-24-36-35(32)38-34(31)33/h1-24H. The highest BCUT2D eigenvalue weighted by atomic mass is 16.3. The summed E-state index contributed by atoms with van der Waals surface area (Å²) in [7, 11) is 0. The van der Waals surface area contributed by atoms with E-state index in [0.717, 1.165) is 33.4 Å². The van der Waals surface area contributed by atoms with E-state index < -0.39 is 0 Å². The first-order valence-electron chi connectivity index (χ1n) is 12.7. The highest BCUT2D eigenvalue weighted by Gasteiger charge is 2.19. The van der Waals surface area contributed by atoms with Crippen molar-refractivity contribution in [2.24, 2.45) is 0 Å². The second-order valence-electron chi connectivity index (χ2n) is 9.27. The summed E-state index contributed by atoms with van der Waals surface area (Å²) in [5, 5.41) is 2.07. The molecule has 0 N–H and O–H groups in total. The van der Waals surface area contributed by atoms with Crippen molar-refractivity contribution in [3.05, 3.63) is 146 Å². The molecule has 2 aromatic heterocycles. The van der Waals surface area contributed by atoms with Gasteiger partial charge in [-0.05, 0) is 64.7 Å². The summed E-state index contributed by atoms with van der Waals surface area (Å²) in [4.78, 5) is 6.73. The van der Waals surface area contributed by atoms with Gasteiger partial charge >= 0.3 is 0 Å². The van der Waals surface area contributed by atoms with Crippen LogP contribution in [0.5, 0.6) is 0 Å². The maximum Gasteiger partial charge on any atom is 0.227 e. The highest BCUT2D eigenvalue weighted by Crippen LogP contribution is 2.42. The number of benzene rings is 5. The molecule has 0 saturated heterocycles. The zero-order valence-electron chi connectivity index (χ0n) is 20.7. The van der Waals surface area contributed by atoms with Crippen LogP contribution in [0.3, 0.4) is 0 Å². The second-order valence-corrected chi connectivity index (χ2v) is 9.27. The molecule has 0 aliphatic rings. The van der Waals surface area contributed by atoms with E-state index in [2.05, 4.69) is 131 Å². The minimum atomic E-state index is 0.647. The third-order valence-electron chi connectivity index (χ3n) is 6.96. The molecule has 0 aliphatic heterocycles. The van der Waals surface area contributed by atoms with Gasteiger partial charge in [0.2, 0.25) is 5.71 Å². The van der Waals surface area contributed by atoms with Gasteiger partial charge in [0.15, 0.2) is 5.58 Å². The zero-order chi connectivity index (χ0) is 25.3. The second kappa shape index (κ2) is 9.38. The molecule has 0 amide bonds. The molecule has 0 radical (unpaired) electrons. The molecule has 180 valence electrons. The van der Waals surface area contributed by atoms with E-state index in [4.69, 9.17) is 4.42 Å². The van der Waals surface area contributed by atoms with Crippen molar-refractivity contribution >= 4 is 39.1 Å². The van der Waals surface area contributed by atoms with E-state index >= 15 is 0 Å². The van der Waals surface area contributed by atoms with Crippen LogP contribution in [0.2, 0.25) is 0 Å². The van der Waals surface area contributed by atoms with Gasteiger partial charge < -0.3 is 9.32 Å². The summed E-state index contributed by atoms with van der Waals surface area (Å²) < 4.78 is 6.34. The average Bonchev–Trinajstić information content (AvgIpc) is 3.39. The predicted molar refractivity (Wildman–Crippen MR) is 157 cm³/mol. The summed E-state index contributed by atoms with van der Waals surface area (Å²) >= 11 is 0. The van der Waals surface area contributed by atoms with E-state index in [0.29, 0.717) is 5.71 Å². The van der Waals surface area contributed by atoms with Crippen molar-refractivity contribution in [2.45, 2.75) is 0 Å². The van der Waals surface area contributed by atoms with Crippen molar-refractivity contribution in [2.75, 3.05) is 4.90 Å². The lowest BCUT2D eigenvalue weighted by molar-refractivity contribution is 0.654. The molecule has 2 heterocycles. The molecule has 3 heteroatoms. The summed E-state index contributed by atoms with van der Waals surface area (Å²) in [5.74, 6) is 0. The van der Waals surface area contributed by atoms with E-state index in [1.54, 1.807) is 6.20 Å². The van der Waals surface area contributed by atoms with Gasteiger partial charge in [-0.1, -0.05) is 97.1 Å². The number of nitrogens with zero attached hydrogens (tertiary/aromatic N) is 2. The predicted octanol–water partition coefficient (Wildman–Crippen LogP) is 9.78. The summed E-state index contributed by atoms with van der Waals surface area (Å²) in [5.41, 5.74) is 9.30. The Morgan fingerprint density at radius 2 is 0.974 bits per heavy atom. The molecule has 0 bridgehead atoms. The van der Waals surface area contributed by atoms with Crippen LogP contribution in [0.1, 0.15) is 0 Å². The summed E-state index contributed by atoms with van der Waals surface area (Å²) in [6.45, 7) is 0. The molecule has 7 aromatic rings. The molecule has 0 atom stereocenters. The largest absolute Gasteiger partial charge is 0.435 e. The Bertz CT molecular complexity index is 1760. The van der Waals surface area contributed by atoms with Crippen LogP contribution in [0.15, 0.2) is 150 Å². The maximum absolute atomic E-state index is 6.34. The Hall–Kier alpha value is -5.15. The molecular weight excluding hydrogens is 464 g/mol. The normalized spacial score (nSPS) is 11.2. The van der Waals surface area contributed by atoms with Crippen molar-refractivity contribution in [3.8, 4) is 22.3 Å². The lowest BCUT2D eigenvalue weighted by Crippen LogP contribution is -2.10. The summed E-state index contributed by atoms with van der Waals surface area (Å²) in [6, 6.07) is 48.6. The third-order valence-corrected chi connectivity index (χ3v) is 6.96. The van der Waals surface area contributed by atoms with Gasteiger partial charge in [-0.15, -0.1) is 0 Å². The number of furan rings is 1. The number of hydrogen-bond acceptors (Lipinski definition) is 3. The van der Waals surface area contributed by atoms with E-state index in [-0.39, 0.29) is 0 Å². The van der Waals surface area contributed by atoms with Gasteiger partial charge in [-0.25, -0.2) is 4.98 Å². The fourth-order valence-corrected chi connectivity index (χ4v) is 5.09. The maximum atomic E-state index is 6.34. The Morgan fingerprint density at radius 3 is 1.55 bits per heavy atom. The van der Waals surface area contributed by atoms with Crippen LogP contribution in [-0.4, -0.2) is 4.98 Å². The Morgan fingerprint density at radius 1 is 0.447 bits per heavy atom. The Balaban J connectivity index is 1.39. The lowest BCUT2D eigenvalue weighted by Gasteiger charge is -2.26. The number of fused-ring (bicyclic) bond motifs is 3. The van der Waals surface area contributed by atoms with Crippen molar-refractivity contribution in [1.82, 2.24) is 4.98 Å². The van der Waals surface area contributed by atoms with Gasteiger partial charge in [-0.2, -0.15) is 0 Å². The molecule has 0 spiro atoms. The zero-order valence-corrected chi connectivity index (χ0v) is 20.7. The van der Waals surface area contributed by atoms with Gasteiger partial charge in [0.25, 0.3) is 0 Å². The van der Waals surface area contributed by atoms with Crippen LogP contribution < -0.4 is 4.90 Å². The molecule has 0 fully saturated rings. The van der Waals surface area contributed by atoms with Crippen LogP contribution in [0.4, 0.5) is 17.1 Å². The molecule has 38 heavy (non-hydrogen) atoms. The van der Waals surface area contributed by atoms with Crippen LogP contribution in [0, 0.1) is 0 Å². The third kappa shape index (κ3) is 3.91. The van der Waals surface area contributed by atoms with Gasteiger partial charge in [0.1, 0.15) is 0 Å². The molecule has 3 nitrogen and oxygen atoms in total. The van der Waals surface area contributed by atoms with Crippen molar-refractivity contribution in [3.63, 3.8) is 0 Å². The number of para-hydroxylation sites is 1. The molecule has 0 unspecified atom stereocenters. The summed E-state index contributed by atoms with van der Waals surface area (Å²) in [6.07, 6.45) is 1.77. The average molecular weight is 489 g/mol. The van der Waals surface area contributed by atoms with E-state index in [1.165, 1.54) is 22.3 Å². The first-order chi connectivity index (χ1) is 18.8. The fourth-order valence-electron chi connectivity index (χ4n) is 5.09. The van der Waals surface area contributed by atoms with Crippen molar-refractivity contribution < 1.29 is 4.42 Å². The van der Waals surface area contributed by atoms with Gasteiger partial charge in [-0.3, -0.25) is 0 Å². The minimum absolute atomic E-state index is 0.647. The molecule has 7 rings (SSSR count).